The quantitative estimate of drug-likeness (QED) is 0.812. The van der Waals surface area contributed by atoms with E-state index in [-0.39, 0.29) is 0 Å². The zero-order valence-corrected chi connectivity index (χ0v) is 12.5. The van der Waals surface area contributed by atoms with Gasteiger partial charge in [0.15, 0.2) is 0 Å². The lowest BCUT2D eigenvalue weighted by Gasteiger charge is -2.44. The van der Waals surface area contributed by atoms with E-state index in [9.17, 15) is 0 Å². The number of nitrogens with two attached hydrogens (primary N) is 1. The van der Waals surface area contributed by atoms with Crippen LogP contribution in [0.5, 0.6) is 0 Å². The van der Waals surface area contributed by atoms with Crippen LogP contribution in [0.4, 0.5) is 0 Å². The van der Waals surface area contributed by atoms with Crippen LogP contribution in [-0.4, -0.2) is 30.6 Å². The second kappa shape index (κ2) is 6.38. The van der Waals surface area contributed by atoms with E-state index in [2.05, 4.69) is 18.7 Å². The Morgan fingerprint density at radius 1 is 1.17 bits per heavy atom. The smallest absolute Gasteiger partial charge is 0.00953 e. The van der Waals surface area contributed by atoms with Crippen molar-refractivity contribution in [3.05, 3.63) is 0 Å². The molecule has 0 bridgehead atoms. The molecule has 2 unspecified atom stereocenters. The van der Waals surface area contributed by atoms with Gasteiger partial charge < -0.3 is 10.6 Å². The van der Waals surface area contributed by atoms with Gasteiger partial charge in [0.05, 0.1) is 0 Å². The average molecular weight is 252 g/mol. The van der Waals surface area contributed by atoms with Crippen LogP contribution in [0.15, 0.2) is 0 Å². The molecule has 106 valence electrons. The molecule has 0 saturated heterocycles. The predicted molar refractivity (Wildman–Crippen MR) is 78.6 cm³/mol. The summed E-state index contributed by atoms with van der Waals surface area (Å²) in [5.41, 5.74) is 6.60. The van der Waals surface area contributed by atoms with E-state index in [1.54, 1.807) is 0 Å². The molecule has 2 N–H and O–H groups in total. The summed E-state index contributed by atoms with van der Waals surface area (Å²) in [7, 11) is 0. The molecule has 0 aromatic rings. The molecule has 0 radical (unpaired) electrons. The molecule has 2 aliphatic rings. The number of hydrogen-bond donors (Lipinski definition) is 1. The van der Waals surface area contributed by atoms with E-state index in [1.807, 2.05) is 0 Å². The van der Waals surface area contributed by atoms with Gasteiger partial charge in [0.2, 0.25) is 0 Å². The van der Waals surface area contributed by atoms with Gasteiger partial charge in [0.1, 0.15) is 0 Å². The Balaban J connectivity index is 1.98. The normalized spacial score (nSPS) is 34.3. The summed E-state index contributed by atoms with van der Waals surface area (Å²) >= 11 is 0. The fourth-order valence-corrected chi connectivity index (χ4v) is 4.36. The zero-order valence-electron chi connectivity index (χ0n) is 12.5. The maximum Gasteiger partial charge on any atom is 0.00953 e. The summed E-state index contributed by atoms with van der Waals surface area (Å²) in [4.78, 5) is 2.75. The highest BCUT2D eigenvalue weighted by molar-refractivity contribution is 4.91. The Hall–Kier alpha value is -0.0800. The first kappa shape index (κ1) is 14.3. The first-order chi connectivity index (χ1) is 8.69. The molecule has 2 nitrogen and oxygen atoms in total. The van der Waals surface area contributed by atoms with E-state index in [0.29, 0.717) is 5.41 Å². The molecule has 0 amide bonds. The van der Waals surface area contributed by atoms with Crippen molar-refractivity contribution < 1.29 is 0 Å². The van der Waals surface area contributed by atoms with Crippen molar-refractivity contribution in [3.8, 4) is 0 Å². The maximum atomic E-state index is 6.18. The van der Waals surface area contributed by atoms with Crippen molar-refractivity contribution >= 4 is 0 Å². The van der Waals surface area contributed by atoms with Crippen LogP contribution < -0.4 is 5.73 Å². The van der Waals surface area contributed by atoms with E-state index in [1.165, 1.54) is 64.5 Å². The molecular weight excluding hydrogens is 220 g/mol. The van der Waals surface area contributed by atoms with Gasteiger partial charge in [-0.1, -0.05) is 39.5 Å². The average Bonchev–Trinajstić information content (AvgIpc) is 2.90. The zero-order chi connectivity index (χ0) is 13.0. The first-order valence-corrected chi connectivity index (χ1v) is 8.13. The van der Waals surface area contributed by atoms with E-state index < -0.39 is 0 Å². The molecule has 2 fully saturated rings. The molecule has 0 heterocycles. The molecule has 18 heavy (non-hydrogen) atoms. The molecule has 0 aromatic carbocycles. The van der Waals surface area contributed by atoms with Gasteiger partial charge in [-0.3, -0.25) is 0 Å². The Morgan fingerprint density at radius 2 is 1.89 bits per heavy atom. The van der Waals surface area contributed by atoms with Crippen molar-refractivity contribution in [1.82, 2.24) is 4.90 Å². The van der Waals surface area contributed by atoms with Crippen molar-refractivity contribution in [2.75, 3.05) is 19.6 Å². The molecule has 0 aromatic heterocycles. The Labute approximate surface area is 113 Å². The van der Waals surface area contributed by atoms with Crippen LogP contribution >= 0.6 is 0 Å². The molecule has 2 aliphatic carbocycles. The van der Waals surface area contributed by atoms with Gasteiger partial charge >= 0.3 is 0 Å². The maximum absolute atomic E-state index is 6.18. The molecule has 2 saturated carbocycles. The molecular formula is C16H32N2. The molecule has 2 rings (SSSR count). The Kier molecular flexibility index (Phi) is 5.08. The monoisotopic (exact) mass is 252 g/mol. The van der Waals surface area contributed by atoms with Crippen molar-refractivity contribution in [1.29, 1.82) is 0 Å². The van der Waals surface area contributed by atoms with E-state index in [0.717, 1.165) is 18.5 Å². The van der Waals surface area contributed by atoms with Crippen LogP contribution in [0.25, 0.3) is 0 Å². The first-order valence-electron chi connectivity index (χ1n) is 8.13. The number of nitrogens with zero attached hydrogens (tertiary/aromatic N) is 1. The molecule has 0 aliphatic heterocycles. The minimum Gasteiger partial charge on any atom is -0.330 e. The van der Waals surface area contributed by atoms with Crippen molar-refractivity contribution in [2.45, 2.75) is 71.3 Å². The summed E-state index contributed by atoms with van der Waals surface area (Å²) in [6.45, 7) is 8.10. The van der Waals surface area contributed by atoms with Crippen LogP contribution in [0.1, 0.15) is 65.2 Å². The number of rotatable bonds is 5. The van der Waals surface area contributed by atoms with Crippen molar-refractivity contribution in [2.24, 2.45) is 17.1 Å². The van der Waals surface area contributed by atoms with Crippen LogP contribution in [-0.2, 0) is 0 Å². The standard InChI is InChI=1S/C16H32N2/c1-3-18(15-8-4-5-9-15)13-16(12-17)10-6-7-14(2)11-16/h14-15H,3-13,17H2,1-2H3. The van der Waals surface area contributed by atoms with Crippen LogP contribution in [0, 0.1) is 11.3 Å². The second-order valence-corrected chi connectivity index (χ2v) is 6.91. The van der Waals surface area contributed by atoms with E-state index >= 15 is 0 Å². The topological polar surface area (TPSA) is 29.3 Å². The van der Waals surface area contributed by atoms with Crippen LogP contribution in [0.2, 0.25) is 0 Å². The van der Waals surface area contributed by atoms with Gasteiger partial charge in [-0.2, -0.15) is 0 Å². The molecule has 0 spiro atoms. The fourth-order valence-electron chi connectivity index (χ4n) is 4.36. The summed E-state index contributed by atoms with van der Waals surface area (Å²) < 4.78 is 0. The third kappa shape index (κ3) is 3.27. The highest BCUT2D eigenvalue weighted by atomic mass is 15.2. The third-order valence-electron chi connectivity index (χ3n) is 5.40. The van der Waals surface area contributed by atoms with Gasteiger partial charge in [-0.25, -0.2) is 0 Å². The second-order valence-electron chi connectivity index (χ2n) is 6.91. The SMILES string of the molecule is CCN(CC1(CN)CCCC(C)C1)C1CCCC1. The molecule has 2 heteroatoms. The minimum absolute atomic E-state index is 0.427. The third-order valence-corrected chi connectivity index (χ3v) is 5.40. The summed E-state index contributed by atoms with van der Waals surface area (Å²) in [5, 5.41) is 0. The number of hydrogen-bond acceptors (Lipinski definition) is 2. The van der Waals surface area contributed by atoms with Gasteiger partial charge in [-0.05, 0) is 50.1 Å². The Bertz CT molecular complexity index is 247. The fraction of sp³-hybridized carbons (Fsp3) is 1.00. The molecule has 2 atom stereocenters. The van der Waals surface area contributed by atoms with E-state index in [4.69, 9.17) is 5.73 Å². The summed E-state index contributed by atoms with van der Waals surface area (Å²) in [6, 6.07) is 0.857. The summed E-state index contributed by atoms with van der Waals surface area (Å²) in [5.74, 6) is 0.879. The highest BCUT2D eigenvalue weighted by Crippen LogP contribution is 2.40. The predicted octanol–water partition coefficient (Wildman–Crippen LogP) is 3.41. The van der Waals surface area contributed by atoms with Crippen LogP contribution in [0.3, 0.4) is 0 Å². The summed E-state index contributed by atoms with van der Waals surface area (Å²) in [6.07, 6.45) is 11.2. The lowest BCUT2D eigenvalue weighted by molar-refractivity contribution is 0.0685. The van der Waals surface area contributed by atoms with Gasteiger partial charge in [-0.15, -0.1) is 0 Å². The van der Waals surface area contributed by atoms with Gasteiger partial charge in [0.25, 0.3) is 0 Å². The lowest BCUT2D eigenvalue weighted by atomic mass is 9.69. The van der Waals surface area contributed by atoms with Gasteiger partial charge in [0, 0.05) is 12.6 Å². The van der Waals surface area contributed by atoms with Crippen molar-refractivity contribution in [3.63, 3.8) is 0 Å². The highest BCUT2D eigenvalue weighted by Gasteiger charge is 2.36. The minimum atomic E-state index is 0.427. The lowest BCUT2D eigenvalue weighted by Crippen LogP contribution is -2.48. The largest absolute Gasteiger partial charge is 0.330 e. The Morgan fingerprint density at radius 3 is 2.44 bits per heavy atom.